The van der Waals surface area contributed by atoms with Crippen LogP contribution in [0.5, 0.6) is 5.75 Å². The molecule has 0 spiro atoms. The number of esters is 2. The molecule has 2 rings (SSSR count). The van der Waals surface area contributed by atoms with Crippen molar-refractivity contribution in [1.82, 2.24) is 15.3 Å². The molecule has 12 heteroatoms. The van der Waals surface area contributed by atoms with Crippen LogP contribution in [0.15, 0.2) is 42.9 Å². The number of benzene rings is 1. The zero-order valence-electron chi connectivity index (χ0n) is 16.1. The second-order valence-electron chi connectivity index (χ2n) is 5.84. The van der Waals surface area contributed by atoms with Gasteiger partial charge in [0.1, 0.15) is 11.8 Å². The summed E-state index contributed by atoms with van der Waals surface area (Å²) in [5.41, 5.74) is 6.07. The average molecular weight is 430 g/mol. The van der Waals surface area contributed by atoms with Crippen molar-refractivity contribution in [2.45, 2.75) is 31.6 Å². The SMILES string of the molecule is COC(=O)[C@H](Cc1c[nH]cn1)NC(=O)C(C)N.O=C(Oc1ccccc1)C(F)(F)F. The first kappa shape index (κ1) is 24.6. The fourth-order valence-corrected chi connectivity index (χ4v) is 1.90. The van der Waals surface area contributed by atoms with E-state index in [9.17, 15) is 27.6 Å². The van der Waals surface area contributed by atoms with E-state index in [2.05, 4.69) is 24.8 Å². The topological polar surface area (TPSA) is 136 Å². The molecular formula is C18H21F3N4O5. The Hall–Kier alpha value is -3.41. The van der Waals surface area contributed by atoms with Gasteiger partial charge < -0.3 is 25.5 Å². The lowest BCUT2D eigenvalue weighted by atomic mass is 10.1. The van der Waals surface area contributed by atoms with E-state index in [4.69, 9.17) is 5.73 Å². The second-order valence-corrected chi connectivity index (χ2v) is 5.84. The maximum absolute atomic E-state index is 11.7. The summed E-state index contributed by atoms with van der Waals surface area (Å²) in [6, 6.07) is 5.62. The van der Waals surface area contributed by atoms with Gasteiger partial charge in [0.25, 0.3) is 0 Å². The molecule has 0 aliphatic heterocycles. The first-order valence-corrected chi connectivity index (χ1v) is 8.50. The van der Waals surface area contributed by atoms with Crippen molar-refractivity contribution in [3.8, 4) is 5.75 Å². The molecule has 0 aliphatic carbocycles. The molecular weight excluding hydrogens is 409 g/mol. The summed E-state index contributed by atoms with van der Waals surface area (Å²) in [5.74, 6) is -3.26. The van der Waals surface area contributed by atoms with Gasteiger partial charge in [-0.15, -0.1) is 0 Å². The minimum absolute atomic E-state index is 0.121. The summed E-state index contributed by atoms with van der Waals surface area (Å²) in [6.45, 7) is 1.54. The van der Waals surface area contributed by atoms with Crippen LogP contribution in [0, 0.1) is 0 Å². The fraction of sp³-hybridized carbons (Fsp3) is 0.333. The Morgan fingerprint density at radius 1 is 1.23 bits per heavy atom. The highest BCUT2D eigenvalue weighted by atomic mass is 19.4. The number of rotatable bonds is 6. The second kappa shape index (κ2) is 11.6. The van der Waals surface area contributed by atoms with Crippen molar-refractivity contribution in [3.05, 3.63) is 48.5 Å². The van der Waals surface area contributed by atoms with Crippen molar-refractivity contribution < 1.29 is 37.0 Å². The van der Waals surface area contributed by atoms with Crippen LogP contribution in [0.3, 0.4) is 0 Å². The molecule has 2 aromatic rings. The number of aromatic amines is 1. The third-order valence-corrected chi connectivity index (χ3v) is 3.37. The van der Waals surface area contributed by atoms with Crippen molar-refractivity contribution in [2.75, 3.05) is 7.11 Å². The number of halogens is 3. The summed E-state index contributed by atoms with van der Waals surface area (Å²) in [6.07, 6.45) is -1.55. The van der Waals surface area contributed by atoms with E-state index in [1.54, 1.807) is 12.3 Å². The fourth-order valence-electron chi connectivity index (χ4n) is 1.90. The Bertz CT molecular complexity index is 811. The van der Waals surface area contributed by atoms with Crippen molar-refractivity contribution >= 4 is 17.8 Å². The van der Waals surface area contributed by atoms with Gasteiger partial charge in [0, 0.05) is 12.6 Å². The van der Waals surface area contributed by atoms with E-state index in [1.165, 1.54) is 44.6 Å². The van der Waals surface area contributed by atoms with E-state index in [-0.39, 0.29) is 12.2 Å². The van der Waals surface area contributed by atoms with Gasteiger partial charge in [-0.2, -0.15) is 13.2 Å². The third-order valence-electron chi connectivity index (χ3n) is 3.37. The lowest BCUT2D eigenvalue weighted by molar-refractivity contribution is -0.189. The van der Waals surface area contributed by atoms with Crippen LogP contribution in [-0.4, -0.2) is 53.2 Å². The molecule has 0 aliphatic rings. The number of methoxy groups -OCH3 is 1. The number of hydrogen-bond donors (Lipinski definition) is 3. The minimum Gasteiger partial charge on any atom is -0.467 e. The number of para-hydroxylation sites is 1. The molecule has 30 heavy (non-hydrogen) atoms. The van der Waals surface area contributed by atoms with Crippen LogP contribution in [0.1, 0.15) is 12.6 Å². The summed E-state index contributed by atoms with van der Waals surface area (Å²) in [7, 11) is 1.26. The molecule has 9 nitrogen and oxygen atoms in total. The van der Waals surface area contributed by atoms with Crippen LogP contribution in [0.25, 0.3) is 0 Å². The number of hydrogen-bond acceptors (Lipinski definition) is 7. The summed E-state index contributed by atoms with van der Waals surface area (Å²) in [4.78, 5) is 39.9. The zero-order chi connectivity index (χ0) is 22.7. The monoisotopic (exact) mass is 430 g/mol. The van der Waals surface area contributed by atoms with Crippen LogP contribution in [0.4, 0.5) is 13.2 Å². The molecule has 4 N–H and O–H groups in total. The molecule has 164 valence electrons. The standard InChI is InChI=1S/C10H16N4O3.C8H5F3O2/c1-6(11)9(15)14-8(10(16)17-2)3-7-4-12-5-13-7;9-8(10,11)7(12)13-6-4-2-1-3-5-6/h4-6,8H,3,11H2,1-2H3,(H,12,13)(H,14,15);1-5H/t6?,8-;/m0./s1. The summed E-state index contributed by atoms with van der Waals surface area (Å²) in [5, 5.41) is 2.51. The predicted octanol–water partition coefficient (Wildman–Crippen LogP) is 1.11. The minimum atomic E-state index is -4.95. The van der Waals surface area contributed by atoms with Gasteiger partial charge in [0.2, 0.25) is 5.91 Å². The molecule has 1 aromatic carbocycles. The quantitative estimate of drug-likeness (QED) is 0.461. The number of amides is 1. The zero-order valence-corrected chi connectivity index (χ0v) is 16.1. The van der Waals surface area contributed by atoms with Crippen molar-refractivity contribution in [3.63, 3.8) is 0 Å². The number of aromatic nitrogens is 2. The largest absolute Gasteiger partial charge is 0.491 e. The number of carbonyl (C=O) groups excluding carboxylic acids is 3. The normalized spacial score (nSPS) is 12.6. The number of nitrogens with zero attached hydrogens (tertiary/aromatic N) is 1. The maximum Gasteiger partial charge on any atom is 0.491 e. The van der Waals surface area contributed by atoms with E-state index >= 15 is 0 Å². The third kappa shape index (κ3) is 8.73. The highest BCUT2D eigenvalue weighted by Crippen LogP contribution is 2.19. The first-order chi connectivity index (χ1) is 14.0. The van der Waals surface area contributed by atoms with E-state index in [1.807, 2.05) is 0 Å². The molecule has 1 amide bonds. The number of ether oxygens (including phenoxy) is 2. The van der Waals surface area contributed by atoms with Crippen molar-refractivity contribution in [1.29, 1.82) is 0 Å². The van der Waals surface area contributed by atoms with Gasteiger partial charge in [0.05, 0.1) is 25.2 Å². The number of nitrogens with two attached hydrogens (primary N) is 1. The molecule has 0 saturated carbocycles. The molecule has 0 bridgehead atoms. The van der Waals surface area contributed by atoms with Gasteiger partial charge in [0.15, 0.2) is 0 Å². The van der Waals surface area contributed by atoms with Gasteiger partial charge in [-0.1, -0.05) is 18.2 Å². The lowest BCUT2D eigenvalue weighted by Crippen LogP contribution is -2.48. The molecule has 1 unspecified atom stereocenters. The highest BCUT2D eigenvalue weighted by Gasteiger charge is 2.41. The number of imidazole rings is 1. The van der Waals surface area contributed by atoms with Gasteiger partial charge >= 0.3 is 18.1 Å². The van der Waals surface area contributed by atoms with Crippen LogP contribution in [0.2, 0.25) is 0 Å². The van der Waals surface area contributed by atoms with Crippen LogP contribution < -0.4 is 15.8 Å². The predicted molar refractivity (Wildman–Crippen MR) is 98.0 cm³/mol. The molecule has 0 fully saturated rings. The summed E-state index contributed by atoms with van der Waals surface area (Å²) >= 11 is 0. The Balaban J connectivity index is 0.000000311. The Labute approximate surface area is 169 Å². The molecule has 2 atom stereocenters. The maximum atomic E-state index is 11.7. The Kier molecular flexibility index (Phi) is 9.49. The number of alkyl halides is 3. The molecule has 1 aromatic heterocycles. The summed E-state index contributed by atoms with van der Waals surface area (Å²) < 4.78 is 43.6. The number of nitrogens with one attached hydrogen (secondary N) is 2. The average Bonchev–Trinajstić information content (AvgIpc) is 3.20. The molecule has 0 saturated heterocycles. The lowest BCUT2D eigenvalue weighted by Gasteiger charge is -2.16. The number of H-pyrrole nitrogens is 1. The Morgan fingerprint density at radius 3 is 2.33 bits per heavy atom. The smallest absolute Gasteiger partial charge is 0.467 e. The van der Waals surface area contributed by atoms with E-state index in [0.717, 1.165) is 0 Å². The van der Waals surface area contributed by atoms with Crippen LogP contribution >= 0.6 is 0 Å². The van der Waals surface area contributed by atoms with E-state index < -0.39 is 36.1 Å². The van der Waals surface area contributed by atoms with Gasteiger partial charge in [-0.3, -0.25) is 4.79 Å². The molecule has 1 heterocycles. The first-order valence-electron chi connectivity index (χ1n) is 8.50. The van der Waals surface area contributed by atoms with Crippen molar-refractivity contribution in [2.24, 2.45) is 5.73 Å². The van der Waals surface area contributed by atoms with Gasteiger partial charge in [-0.05, 0) is 19.1 Å². The Morgan fingerprint density at radius 2 is 1.87 bits per heavy atom. The number of carbonyl (C=O) groups is 3. The highest BCUT2D eigenvalue weighted by molar-refractivity contribution is 5.87. The van der Waals surface area contributed by atoms with Gasteiger partial charge in [-0.25, -0.2) is 14.6 Å². The molecule has 0 radical (unpaired) electrons. The van der Waals surface area contributed by atoms with E-state index in [0.29, 0.717) is 5.69 Å². The van der Waals surface area contributed by atoms with Crippen LogP contribution in [-0.2, 0) is 25.5 Å².